The van der Waals surface area contributed by atoms with E-state index in [4.69, 9.17) is 0 Å². The van der Waals surface area contributed by atoms with Gasteiger partial charge in [0.05, 0.1) is 0 Å². The average Bonchev–Trinajstić information content (AvgIpc) is 2.27. The Balaban J connectivity index is 6.01. The average molecular weight is 345 g/mol. The molecular formula is C7HF12O2. The summed E-state index contributed by atoms with van der Waals surface area (Å²) in [6.07, 6.45) is -12.3. The first-order chi connectivity index (χ1) is 9.00. The van der Waals surface area contributed by atoms with Crippen molar-refractivity contribution in [3.63, 3.8) is 0 Å². The SMILES string of the molecule is O=[C]OC(F)(F)C(F)(F)C(F)(F)C(F)(F)C(F)(F)C(F)F. The van der Waals surface area contributed by atoms with E-state index < -0.39 is 42.7 Å². The molecule has 0 aromatic rings. The predicted octanol–water partition coefficient (Wildman–Crippen LogP) is 3.47. The molecule has 0 aliphatic carbocycles. The van der Waals surface area contributed by atoms with Crippen LogP contribution in [-0.4, -0.2) is 42.7 Å². The van der Waals surface area contributed by atoms with Crippen molar-refractivity contribution >= 4 is 6.47 Å². The molecular weight excluding hydrogens is 344 g/mol. The molecule has 0 saturated heterocycles. The highest BCUT2D eigenvalue weighted by Crippen LogP contribution is 2.58. The van der Waals surface area contributed by atoms with Crippen molar-refractivity contribution in [2.45, 2.75) is 36.2 Å². The molecule has 1 radical (unpaired) electrons. The Labute approximate surface area is 106 Å². The molecule has 0 aliphatic rings. The molecule has 0 fully saturated rings. The third-order valence-corrected chi connectivity index (χ3v) is 2.02. The number of rotatable bonds is 7. The van der Waals surface area contributed by atoms with Crippen molar-refractivity contribution in [2.75, 3.05) is 0 Å². The van der Waals surface area contributed by atoms with Crippen molar-refractivity contribution < 1.29 is 62.2 Å². The summed E-state index contributed by atoms with van der Waals surface area (Å²) in [7, 11) is 0. The third kappa shape index (κ3) is 2.59. The van der Waals surface area contributed by atoms with Gasteiger partial charge < -0.3 is 4.74 Å². The minimum atomic E-state index is -7.71. The quantitative estimate of drug-likeness (QED) is 0.661. The number of alkyl halides is 12. The van der Waals surface area contributed by atoms with Gasteiger partial charge >= 0.3 is 42.7 Å². The van der Waals surface area contributed by atoms with Gasteiger partial charge in [-0.1, -0.05) is 0 Å². The van der Waals surface area contributed by atoms with E-state index in [1.807, 2.05) is 4.74 Å². The maximum Gasteiger partial charge on any atom is 0.473 e. The van der Waals surface area contributed by atoms with Gasteiger partial charge in [-0.3, -0.25) is 0 Å². The Morgan fingerprint density at radius 2 is 1.10 bits per heavy atom. The van der Waals surface area contributed by atoms with Crippen LogP contribution in [0.4, 0.5) is 52.7 Å². The normalized spacial score (nSPS) is 15.3. The number of carbonyl (C=O) groups excluding carboxylic acids is 1. The van der Waals surface area contributed by atoms with Crippen LogP contribution in [0, 0.1) is 0 Å². The molecule has 0 N–H and O–H groups in total. The molecule has 14 heteroatoms. The lowest BCUT2D eigenvalue weighted by atomic mass is 9.98. The zero-order chi connectivity index (χ0) is 17.5. The minimum absolute atomic E-state index is 0.495. The summed E-state index contributed by atoms with van der Waals surface area (Å²) in [6.45, 7) is -0.495. The lowest BCUT2D eigenvalue weighted by Crippen LogP contribution is -2.69. The van der Waals surface area contributed by atoms with Gasteiger partial charge in [0.25, 0.3) is 0 Å². The van der Waals surface area contributed by atoms with Crippen LogP contribution in [0.3, 0.4) is 0 Å². The molecule has 0 saturated carbocycles. The standard InChI is InChI=1S/C7HF12O2/c8-2(9)3(10,11)4(12,13)5(14,15)6(16,17)7(18,19)21-1-20/h2H. The van der Waals surface area contributed by atoms with E-state index in [1.165, 1.54) is 0 Å². The van der Waals surface area contributed by atoms with Crippen LogP contribution in [0.2, 0.25) is 0 Å². The van der Waals surface area contributed by atoms with Gasteiger partial charge in [-0.05, 0) is 0 Å². The predicted molar refractivity (Wildman–Crippen MR) is 37.5 cm³/mol. The highest BCUT2D eigenvalue weighted by molar-refractivity contribution is 5.39. The summed E-state index contributed by atoms with van der Waals surface area (Å²) in [5.74, 6) is -29.8. The molecule has 2 nitrogen and oxygen atoms in total. The van der Waals surface area contributed by atoms with E-state index in [9.17, 15) is 57.5 Å². The van der Waals surface area contributed by atoms with Crippen LogP contribution in [0.5, 0.6) is 0 Å². The van der Waals surface area contributed by atoms with Gasteiger partial charge in [-0.2, -0.15) is 43.9 Å². The van der Waals surface area contributed by atoms with Gasteiger partial charge in [-0.15, -0.1) is 0 Å². The van der Waals surface area contributed by atoms with Gasteiger partial charge in [0.2, 0.25) is 0 Å². The molecule has 0 spiro atoms. The van der Waals surface area contributed by atoms with E-state index in [0.29, 0.717) is 0 Å². The highest BCUT2D eigenvalue weighted by Gasteiger charge is 2.89. The molecule has 0 rings (SSSR count). The fraction of sp³-hybridized carbons (Fsp3) is 0.857. The van der Waals surface area contributed by atoms with Crippen molar-refractivity contribution in [1.29, 1.82) is 0 Å². The summed E-state index contributed by atoms with van der Waals surface area (Å²) in [6, 6.07) is 0. The summed E-state index contributed by atoms with van der Waals surface area (Å²) in [5, 5.41) is 0. The summed E-state index contributed by atoms with van der Waals surface area (Å²) >= 11 is 0. The van der Waals surface area contributed by atoms with Crippen LogP contribution >= 0.6 is 0 Å². The second kappa shape index (κ2) is 5.12. The lowest BCUT2D eigenvalue weighted by Gasteiger charge is -2.37. The zero-order valence-electron chi connectivity index (χ0n) is 8.93. The monoisotopic (exact) mass is 345 g/mol. The van der Waals surface area contributed by atoms with Crippen LogP contribution < -0.4 is 0 Å². The van der Waals surface area contributed by atoms with Crippen LogP contribution in [0.1, 0.15) is 0 Å². The number of halogens is 12. The Hall–Kier alpha value is -1.37. The third-order valence-electron chi connectivity index (χ3n) is 2.02. The highest BCUT2D eigenvalue weighted by atomic mass is 19.4. The largest absolute Gasteiger partial charge is 0.473 e. The fourth-order valence-corrected chi connectivity index (χ4v) is 0.843. The Morgan fingerprint density at radius 1 is 0.714 bits per heavy atom. The first kappa shape index (κ1) is 19.6. The molecule has 0 aromatic heterocycles. The van der Waals surface area contributed by atoms with Gasteiger partial charge in [0, 0.05) is 0 Å². The number of hydrogen-bond acceptors (Lipinski definition) is 2. The van der Waals surface area contributed by atoms with Crippen molar-refractivity contribution in [2.24, 2.45) is 0 Å². The van der Waals surface area contributed by atoms with Crippen LogP contribution in [0.25, 0.3) is 0 Å². The first-order valence-corrected chi connectivity index (χ1v) is 4.23. The minimum Gasteiger partial charge on any atom is -0.387 e. The van der Waals surface area contributed by atoms with Gasteiger partial charge in [0.1, 0.15) is 0 Å². The van der Waals surface area contributed by atoms with Crippen molar-refractivity contribution in [3.05, 3.63) is 0 Å². The summed E-state index contributed by atoms with van der Waals surface area (Å²) in [4.78, 5) is 9.29. The Bertz CT molecular complexity index is 389. The summed E-state index contributed by atoms with van der Waals surface area (Å²) < 4.78 is 150. The molecule has 125 valence electrons. The molecule has 0 unspecified atom stereocenters. The first-order valence-electron chi connectivity index (χ1n) is 4.23. The van der Waals surface area contributed by atoms with E-state index >= 15 is 0 Å². The van der Waals surface area contributed by atoms with Gasteiger partial charge in [-0.25, -0.2) is 13.6 Å². The molecule has 0 bridgehead atoms. The lowest BCUT2D eigenvalue weighted by molar-refractivity contribution is -0.440. The number of ether oxygens (including phenoxy) is 1. The molecule has 0 aliphatic heterocycles. The molecule has 21 heavy (non-hydrogen) atoms. The number of hydrogen-bond donors (Lipinski definition) is 0. The molecule has 0 atom stereocenters. The maximum absolute atomic E-state index is 12.7. The maximum atomic E-state index is 12.7. The van der Waals surface area contributed by atoms with Crippen LogP contribution in [-0.2, 0) is 9.53 Å². The van der Waals surface area contributed by atoms with Gasteiger partial charge in [0.15, 0.2) is 0 Å². The topological polar surface area (TPSA) is 26.3 Å². The molecule has 0 aromatic carbocycles. The van der Waals surface area contributed by atoms with Crippen LogP contribution in [0.15, 0.2) is 0 Å². The zero-order valence-corrected chi connectivity index (χ0v) is 8.93. The molecule has 0 amide bonds. The van der Waals surface area contributed by atoms with E-state index in [-0.39, 0.29) is 0 Å². The smallest absolute Gasteiger partial charge is 0.387 e. The Morgan fingerprint density at radius 3 is 1.38 bits per heavy atom. The Kier molecular flexibility index (Phi) is 4.79. The second-order valence-corrected chi connectivity index (χ2v) is 3.35. The summed E-state index contributed by atoms with van der Waals surface area (Å²) in [5.41, 5.74) is 0. The fourth-order valence-electron chi connectivity index (χ4n) is 0.843. The van der Waals surface area contributed by atoms with E-state index in [1.54, 1.807) is 0 Å². The van der Waals surface area contributed by atoms with Crippen molar-refractivity contribution in [3.8, 4) is 0 Å². The second-order valence-electron chi connectivity index (χ2n) is 3.35. The van der Waals surface area contributed by atoms with E-state index in [0.717, 1.165) is 0 Å². The van der Waals surface area contributed by atoms with Crippen molar-refractivity contribution in [1.82, 2.24) is 0 Å². The molecule has 0 heterocycles. The van der Waals surface area contributed by atoms with E-state index in [2.05, 4.69) is 0 Å².